The number of pyridine rings is 1. The molecule has 3 aromatic rings. The molecule has 0 N–H and O–H groups in total. The van der Waals surface area contributed by atoms with Gasteiger partial charge in [0.15, 0.2) is 11.6 Å². The van der Waals surface area contributed by atoms with Gasteiger partial charge >= 0.3 is 0 Å². The molecule has 3 heterocycles. The molecule has 0 amide bonds. The van der Waals surface area contributed by atoms with Gasteiger partial charge in [0.25, 0.3) is 0 Å². The number of hydrogen-bond acceptors (Lipinski definition) is 5. The molecule has 0 atom stereocenters. The maximum atomic E-state index is 6.72. The zero-order chi connectivity index (χ0) is 20.5. The fraction of sp³-hybridized carbons (Fsp3) is 0.364. The smallest absolute Gasteiger partial charge is 0.159 e. The molecular weight excluding hydrogens is 384 g/mol. The fourth-order valence-corrected chi connectivity index (χ4v) is 4.09. The zero-order valence-electron chi connectivity index (χ0n) is 17.2. The van der Waals surface area contributed by atoms with Gasteiger partial charge in [-0.3, -0.25) is 19.4 Å². The summed E-state index contributed by atoms with van der Waals surface area (Å²) in [7, 11) is 0. The van der Waals surface area contributed by atoms with Gasteiger partial charge in [-0.2, -0.15) is 0 Å². The van der Waals surface area contributed by atoms with Crippen molar-refractivity contribution in [1.82, 2.24) is 24.6 Å². The van der Waals surface area contributed by atoms with Crippen LogP contribution in [0.5, 0.6) is 0 Å². The SMILES string of the molecule is CC(C)N(Cc1nnc2n1-c1c(Cl)cccc1C(c1ccccn1)=NC2)C(C)C. The Morgan fingerprint density at radius 1 is 1.03 bits per heavy atom. The van der Waals surface area contributed by atoms with Crippen LogP contribution in [-0.4, -0.2) is 42.4 Å². The van der Waals surface area contributed by atoms with Crippen molar-refractivity contribution in [2.75, 3.05) is 0 Å². The Morgan fingerprint density at radius 3 is 2.52 bits per heavy atom. The van der Waals surface area contributed by atoms with Crippen LogP contribution in [0, 0.1) is 0 Å². The molecule has 6 nitrogen and oxygen atoms in total. The summed E-state index contributed by atoms with van der Waals surface area (Å²) < 4.78 is 2.08. The van der Waals surface area contributed by atoms with Crippen molar-refractivity contribution in [2.45, 2.75) is 52.9 Å². The van der Waals surface area contributed by atoms with Gasteiger partial charge in [0.05, 0.1) is 28.7 Å². The maximum Gasteiger partial charge on any atom is 0.159 e. The van der Waals surface area contributed by atoms with Gasteiger partial charge in [0, 0.05) is 23.8 Å². The lowest BCUT2D eigenvalue weighted by Gasteiger charge is -2.30. The average molecular weight is 409 g/mol. The second-order valence-corrected chi connectivity index (χ2v) is 8.15. The molecule has 1 aliphatic heterocycles. The lowest BCUT2D eigenvalue weighted by molar-refractivity contribution is 0.160. The Bertz CT molecular complexity index is 1030. The van der Waals surface area contributed by atoms with Gasteiger partial charge in [-0.25, -0.2) is 0 Å². The molecule has 1 aliphatic rings. The molecule has 7 heteroatoms. The first-order chi connectivity index (χ1) is 14.0. The van der Waals surface area contributed by atoms with E-state index in [0.717, 1.165) is 34.3 Å². The van der Waals surface area contributed by atoms with Crippen LogP contribution in [0.4, 0.5) is 0 Å². The molecule has 0 bridgehead atoms. The van der Waals surface area contributed by atoms with E-state index in [0.29, 0.717) is 30.2 Å². The molecule has 1 aromatic carbocycles. The summed E-state index contributed by atoms with van der Waals surface area (Å²) in [6, 6.07) is 12.5. The number of benzene rings is 1. The third kappa shape index (κ3) is 3.70. The number of fused-ring (bicyclic) bond motifs is 3. The second-order valence-electron chi connectivity index (χ2n) is 7.74. The quantitative estimate of drug-likeness (QED) is 0.632. The number of para-hydroxylation sites is 1. The van der Waals surface area contributed by atoms with Crippen molar-refractivity contribution in [1.29, 1.82) is 0 Å². The Kier molecular flexibility index (Phi) is 5.48. The molecule has 0 radical (unpaired) electrons. The highest BCUT2D eigenvalue weighted by atomic mass is 35.5. The lowest BCUT2D eigenvalue weighted by atomic mass is 10.0. The van der Waals surface area contributed by atoms with E-state index in [2.05, 4.69) is 52.3 Å². The van der Waals surface area contributed by atoms with E-state index in [1.807, 2.05) is 36.4 Å². The summed E-state index contributed by atoms with van der Waals surface area (Å²) in [4.78, 5) is 11.7. The number of nitrogens with zero attached hydrogens (tertiary/aromatic N) is 6. The molecule has 0 unspecified atom stereocenters. The molecule has 0 aliphatic carbocycles. The summed E-state index contributed by atoms with van der Waals surface area (Å²) in [5.41, 5.74) is 3.46. The highest BCUT2D eigenvalue weighted by molar-refractivity contribution is 6.33. The van der Waals surface area contributed by atoms with Crippen LogP contribution in [0.15, 0.2) is 47.6 Å². The van der Waals surface area contributed by atoms with Crippen LogP contribution >= 0.6 is 11.6 Å². The number of halogens is 1. The number of hydrogen-bond donors (Lipinski definition) is 0. The topological polar surface area (TPSA) is 59.2 Å². The zero-order valence-corrected chi connectivity index (χ0v) is 17.9. The Labute approximate surface area is 176 Å². The summed E-state index contributed by atoms with van der Waals surface area (Å²) in [6.45, 7) is 9.90. The minimum Gasteiger partial charge on any atom is -0.291 e. The van der Waals surface area contributed by atoms with Gasteiger partial charge in [-0.1, -0.05) is 29.8 Å². The van der Waals surface area contributed by atoms with E-state index in [-0.39, 0.29) is 0 Å². The Hall–Kier alpha value is -2.57. The molecule has 0 spiro atoms. The molecule has 150 valence electrons. The van der Waals surface area contributed by atoms with Gasteiger partial charge < -0.3 is 0 Å². The molecule has 0 saturated heterocycles. The number of rotatable bonds is 5. The van der Waals surface area contributed by atoms with Crippen LogP contribution in [0.25, 0.3) is 5.69 Å². The molecule has 4 rings (SSSR count). The summed E-state index contributed by atoms with van der Waals surface area (Å²) in [6.07, 6.45) is 1.78. The van der Waals surface area contributed by atoms with E-state index in [9.17, 15) is 0 Å². The minimum atomic E-state index is 0.389. The second kappa shape index (κ2) is 8.05. The van der Waals surface area contributed by atoms with E-state index < -0.39 is 0 Å². The van der Waals surface area contributed by atoms with E-state index in [1.54, 1.807) is 6.20 Å². The van der Waals surface area contributed by atoms with Crippen molar-refractivity contribution in [3.05, 3.63) is 70.5 Å². The Morgan fingerprint density at radius 2 is 1.83 bits per heavy atom. The van der Waals surface area contributed by atoms with Crippen LogP contribution in [0.2, 0.25) is 5.02 Å². The van der Waals surface area contributed by atoms with Gasteiger partial charge in [0.1, 0.15) is 6.54 Å². The first-order valence-electron chi connectivity index (χ1n) is 9.91. The fourth-order valence-electron chi connectivity index (χ4n) is 3.83. The summed E-state index contributed by atoms with van der Waals surface area (Å²) >= 11 is 6.72. The Balaban J connectivity index is 1.87. The lowest BCUT2D eigenvalue weighted by Crippen LogP contribution is -2.37. The molecule has 0 saturated carbocycles. The van der Waals surface area contributed by atoms with Crippen molar-refractivity contribution >= 4 is 17.3 Å². The molecular formula is C22H25ClN6. The highest BCUT2D eigenvalue weighted by Crippen LogP contribution is 2.31. The monoisotopic (exact) mass is 408 g/mol. The van der Waals surface area contributed by atoms with Crippen molar-refractivity contribution in [3.8, 4) is 5.69 Å². The van der Waals surface area contributed by atoms with Crippen molar-refractivity contribution in [2.24, 2.45) is 4.99 Å². The normalized spacial score (nSPS) is 13.4. The van der Waals surface area contributed by atoms with Crippen molar-refractivity contribution in [3.63, 3.8) is 0 Å². The first kappa shape index (κ1) is 19.7. The van der Waals surface area contributed by atoms with E-state index >= 15 is 0 Å². The summed E-state index contributed by atoms with van der Waals surface area (Å²) in [5.74, 6) is 1.65. The minimum absolute atomic E-state index is 0.389. The van der Waals surface area contributed by atoms with Crippen LogP contribution in [0.1, 0.15) is 50.6 Å². The highest BCUT2D eigenvalue weighted by Gasteiger charge is 2.27. The van der Waals surface area contributed by atoms with Crippen LogP contribution in [0.3, 0.4) is 0 Å². The van der Waals surface area contributed by atoms with Crippen LogP contribution < -0.4 is 0 Å². The standard InChI is InChI=1S/C22H25ClN6/c1-14(2)28(15(3)4)13-20-27-26-19-12-25-21(18-10-5-6-11-24-18)16-8-7-9-17(23)22(16)29(19)20/h5-11,14-15H,12-13H2,1-4H3. The third-order valence-corrected chi connectivity index (χ3v) is 5.50. The van der Waals surface area contributed by atoms with Gasteiger partial charge in [-0.15, -0.1) is 10.2 Å². The van der Waals surface area contributed by atoms with E-state index in [1.165, 1.54) is 0 Å². The first-order valence-corrected chi connectivity index (χ1v) is 10.3. The predicted molar refractivity (Wildman–Crippen MR) is 116 cm³/mol. The van der Waals surface area contributed by atoms with E-state index in [4.69, 9.17) is 16.6 Å². The molecule has 2 aromatic heterocycles. The maximum absolute atomic E-state index is 6.72. The predicted octanol–water partition coefficient (Wildman–Crippen LogP) is 4.29. The third-order valence-electron chi connectivity index (χ3n) is 5.20. The average Bonchev–Trinajstić information content (AvgIpc) is 3.00. The largest absolute Gasteiger partial charge is 0.291 e. The number of aliphatic imine (C=N–C) groups is 1. The summed E-state index contributed by atoms with van der Waals surface area (Å²) in [5, 5.41) is 9.62. The number of aromatic nitrogens is 4. The van der Waals surface area contributed by atoms with Crippen molar-refractivity contribution < 1.29 is 0 Å². The molecule has 0 fully saturated rings. The van der Waals surface area contributed by atoms with Crippen LogP contribution in [-0.2, 0) is 13.1 Å². The van der Waals surface area contributed by atoms with Gasteiger partial charge in [0.2, 0.25) is 0 Å². The molecule has 29 heavy (non-hydrogen) atoms. The van der Waals surface area contributed by atoms with Gasteiger partial charge in [-0.05, 0) is 45.9 Å².